The van der Waals surface area contributed by atoms with Gasteiger partial charge in [0.1, 0.15) is 0 Å². The van der Waals surface area contributed by atoms with Gasteiger partial charge in [-0.25, -0.2) is 8.42 Å². The van der Waals surface area contributed by atoms with Crippen molar-refractivity contribution in [2.45, 2.75) is 31.6 Å². The molecule has 0 spiro atoms. The molecule has 0 amide bonds. The summed E-state index contributed by atoms with van der Waals surface area (Å²) >= 11 is 3.52. The molecule has 0 aliphatic carbocycles. The topological polar surface area (TPSA) is 55.8 Å². The minimum Gasteiger partial charge on any atom is -0.354 e. The highest BCUT2D eigenvalue weighted by Crippen LogP contribution is 2.24. The molecule has 2 aromatic carbocycles. The van der Waals surface area contributed by atoms with E-state index in [1.165, 1.54) is 18.5 Å². The lowest BCUT2D eigenvalue weighted by Crippen LogP contribution is -2.38. The first-order valence-electron chi connectivity index (χ1n) is 8.15. The molecule has 0 heterocycles. The summed E-state index contributed by atoms with van der Waals surface area (Å²) in [5.74, 6) is 0. The third kappa shape index (κ3) is 5.14. The number of sulfonamides is 1. The van der Waals surface area contributed by atoms with Crippen LogP contribution >= 0.6 is 15.9 Å². The number of hydrogen-bond donors (Lipinski definition) is 0. The van der Waals surface area contributed by atoms with Gasteiger partial charge in [-0.05, 0) is 43.2 Å². The highest BCUT2D eigenvalue weighted by Gasteiger charge is 2.28. The first-order chi connectivity index (χ1) is 12.3. The lowest BCUT2D eigenvalue weighted by Gasteiger charge is -2.26. The third-order valence-electron chi connectivity index (χ3n) is 4.09. The van der Waals surface area contributed by atoms with E-state index < -0.39 is 16.3 Å². The summed E-state index contributed by atoms with van der Waals surface area (Å²) in [6.07, 6.45) is -0.653. The van der Waals surface area contributed by atoms with Crippen LogP contribution in [0.3, 0.4) is 0 Å². The second kappa shape index (κ2) is 9.10. The van der Waals surface area contributed by atoms with Crippen molar-refractivity contribution < 1.29 is 17.9 Å². The Balaban J connectivity index is 2.40. The van der Waals surface area contributed by atoms with Gasteiger partial charge in [-0.15, -0.1) is 0 Å². The number of benzene rings is 2. The minimum atomic E-state index is -3.71. The van der Waals surface area contributed by atoms with E-state index in [1.54, 1.807) is 24.3 Å². The third-order valence-corrected chi connectivity index (χ3v) is 6.66. The Kier molecular flexibility index (Phi) is 7.37. The van der Waals surface area contributed by atoms with Crippen molar-refractivity contribution in [3.05, 3.63) is 63.6 Å². The van der Waals surface area contributed by atoms with Crippen LogP contribution in [0.5, 0.6) is 0 Å². The van der Waals surface area contributed by atoms with Crippen LogP contribution in [0.1, 0.15) is 16.7 Å². The Hall–Kier alpha value is -1.25. The van der Waals surface area contributed by atoms with E-state index >= 15 is 0 Å². The molecule has 0 bridgehead atoms. The van der Waals surface area contributed by atoms with Crippen LogP contribution < -0.4 is 0 Å². The van der Waals surface area contributed by atoms with Gasteiger partial charge in [-0.2, -0.15) is 4.31 Å². The van der Waals surface area contributed by atoms with Crippen LogP contribution in [0.4, 0.5) is 0 Å². The molecule has 7 heteroatoms. The van der Waals surface area contributed by atoms with Gasteiger partial charge in [-0.1, -0.05) is 45.8 Å². The average Bonchev–Trinajstić information content (AvgIpc) is 2.60. The lowest BCUT2D eigenvalue weighted by molar-refractivity contribution is -0.108. The Labute approximate surface area is 164 Å². The fraction of sp³-hybridized carbons (Fsp3) is 0.368. The molecule has 0 unspecified atom stereocenters. The zero-order valence-corrected chi connectivity index (χ0v) is 17.8. The molecule has 0 fully saturated rings. The van der Waals surface area contributed by atoms with Crippen LogP contribution in [0.15, 0.2) is 51.8 Å². The van der Waals surface area contributed by atoms with E-state index in [9.17, 15) is 8.42 Å². The standard InChI is InChI=1S/C19H24BrNO4S/c1-14-6-9-17(10-7-14)26(22,23)21(13-19(24-3)25-4)12-16-8-5-15(2)11-18(16)20/h5-11,19H,12-13H2,1-4H3. The first-order valence-corrected chi connectivity index (χ1v) is 10.4. The molecule has 2 aromatic rings. The maximum atomic E-state index is 13.2. The van der Waals surface area contributed by atoms with Crippen LogP contribution in [-0.4, -0.2) is 39.8 Å². The average molecular weight is 442 g/mol. The van der Waals surface area contributed by atoms with Gasteiger partial charge in [0.15, 0.2) is 6.29 Å². The summed E-state index contributed by atoms with van der Waals surface area (Å²) < 4.78 is 39.1. The molecule has 142 valence electrons. The molecular formula is C19H24BrNO4S. The molecule has 0 aliphatic rings. The number of ether oxygens (including phenoxy) is 2. The smallest absolute Gasteiger partial charge is 0.243 e. The van der Waals surface area contributed by atoms with Gasteiger partial charge in [0, 0.05) is 25.2 Å². The number of halogens is 1. The zero-order chi connectivity index (χ0) is 19.3. The van der Waals surface area contributed by atoms with Gasteiger partial charge in [0.25, 0.3) is 0 Å². The largest absolute Gasteiger partial charge is 0.354 e. The summed E-state index contributed by atoms with van der Waals surface area (Å²) in [5, 5.41) is 0. The summed E-state index contributed by atoms with van der Waals surface area (Å²) in [5.41, 5.74) is 2.97. The predicted molar refractivity (Wildman–Crippen MR) is 105 cm³/mol. The zero-order valence-electron chi connectivity index (χ0n) is 15.4. The van der Waals surface area contributed by atoms with Crippen LogP contribution in [-0.2, 0) is 26.0 Å². The molecule has 0 aliphatic heterocycles. The normalized spacial score (nSPS) is 12.1. The molecule has 0 atom stereocenters. The number of nitrogens with zero attached hydrogens (tertiary/aromatic N) is 1. The molecule has 5 nitrogen and oxygen atoms in total. The van der Waals surface area contributed by atoms with Crippen molar-refractivity contribution in [1.82, 2.24) is 4.31 Å². The van der Waals surface area contributed by atoms with E-state index in [0.717, 1.165) is 21.2 Å². The van der Waals surface area contributed by atoms with E-state index in [2.05, 4.69) is 15.9 Å². The molecule has 0 saturated heterocycles. The van der Waals surface area contributed by atoms with Gasteiger partial charge in [-0.3, -0.25) is 0 Å². The van der Waals surface area contributed by atoms with Crippen molar-refractivity contribution in [2.24, 2.45) is 0 Å². The van der Waals surface area contributed by atoms with Gasteiger partial charge < -0.3 is 9.47 Å². The van der Waals surface area contributed by atoms with E-state index in [1.807, 2.05) is 32.0 Å². The van der Waals surface area contributed by atoms with Crippen molar-refractivity contribution in [3.63, 3.8) is 0 Å². The van der Waals surface area contributed by atoms with Crippen molar-refractivity contribution in [2.75, 3.05) is 20.8 Å². The number of methoxy groups -OCH3 is 2. The van der Waals surface area contributed by atoms with Gasteiger partial charge in [0.2, 0.25) is 10.0 Å². The molecular weight excluding hydrogens is 418 g/mol. The molecule has 26 heavy (non-hydrogen) atoms. The summed E-state index contributed by atoms with van der Waals surface area (Å²) in [7, 11) is -0.720. The Morgan fingerprint density at radius 2 is 1.58 bits per heavy atom. The predicted octanol–water partition coefficient (Wildman–Crippen LogP) is 3.88. The summed E-state index contributed by atoms with van der Waals surface area (Å²) in [6, 6.07) is 12.7. The Bertz CT molecular complexity index is 833. The Morgan fingerprint density at radius 3 is 2.12 bits per heavy atom. The molecule has 0 radical (unpaired) electrons. The second-order valence-electron chi connectivity index (χ2n) is 6.11. The SMILES string of the molecule is COC(CN(Cc1ccc(C)cc1Br)S(=O)(=O)c1ccc(C)cc1)OC. The van der Waals surface area contributed by atoms with Crippen LogP contribution in [0, 0.1) is 13.8 Å². The van der Waals surface area contributed by atoms with Crippen LogP contribution in [0.25, 0.3) is 0 Å². The summed E-state index contributed by atoms with van der Waals surface area (Å²) in [4.78, 5) is 0.247. The fourth-order valence-electron chi connectivity index (χ4n) is 2.49. The molecule has 0 N–H and O–H groups in total. The van der Waals surface area contributed by atoms with Crippen molar-refractivity contribution in [3.8, 4) is 0 Å². The maximum absolute atomic E-state index is 13.2. The highest BCUT2D eigenvalue weighted by atomic mass is 79.9. The number of aryl methyl sites for hydroxylation is 2. The minimum absolute atomic E-state index is 0.0868. The van der Waals surface area contributed by atoms with E-state index in [4.69, 9.17) is 9.47 Å². The van der Waals surface area contributed by atoms with E-state index in [-0.39, 0.29) is 18.0 Å². The van der Waals surface area contributed by atoms with Crippen molar-refractivity contribution >= 4 is 26.0 Å². The van der Waals surface area contributed by atoms with Gasteiger partial charge >= 0.3 is 0 Å². The van der Waals surface area contributed by atoms with Gasteiger partial charge in [0.05, 0.1) is 11.4 Å². The van der Waals surface area contributed by atoms with E-state index in [0.29, 0.717) is 0 Å². The highest BCUT2D eigenvalue weighted by molar-refractivity contribution is 9.10. The molecule has 0 saturated carbocycles. The quantitative estimate of drug-likeness (QED) is 0.583. The summed E-state index contributed by atoms with van der Waals surface area (Å²) in [6.45, 7) is 4.20. The fourth-order valence-corrected chi connectivity index (χ4v) is 4.51. The van der Waals surface area contributed by atoms with Crippen molar-refractivity contribution in [1.29, 1.82) is 0 Å². The maximum Gasteiger partial charge on any atom is 0.243 e. The molecule has 2 rings (SSSR count). The Morgan fingerprint density at radius 1 is 1.00 bits per heavy atom. The second-order valence-corrected chi connectivity index (χ2v) is 8.90. The monoisotopic (exact) mass is 441 g/mol. The van der Waals surface area contributed by atoms with Crippen LogP contribution in [0.2, 0.25) is 0 Å². The molecule has 0 aromatic heterocycles. The lowest BCUT2D eigenvalue weighted by atomic mass is 10.1. The number of hydrogen-bond acceptors (Lipinski definition) is 4. The number of rotatable bonds is 8. The first kappa shape index (κ1) is 21.1.